The van der Waals surface area contributed by atoms with Gasteiger partial charge in [-0.25, -0.2) is 4.79 Å². The molecule has 2 aromatic carbocycles. The van der Waals surface area contributed by atoms with Crippen LogP contribution in [-0.4, -0.2) is 23.4 Å². The molecule has 0 aliphatic carbocycles. The van der Waals surface area contributed by atoms with Gasteiger partial charge in [-0.05, 0) is 30.3 Å². The van der Waals surface area contributed by atoms with Crippen molar-refractivity contribution in [2.45, 2.75) is 0 Å². The van der Waals surface area contributed by atoms with Gasteiger partial charge in [-0.15, -0.1) is 0 Å². The molecule has 1 N–H and O–H groups in total. The molecule has 1 amide bonds. The standard InChI is InChI=1S/C15H9Cl2FN2O5/c16-8-1-3-11(17)10(5-8)15(22)25-7-14(21)19-9-2-4-12(18)13(6-9)20(23)24/h1-6H,7H2,(H,19,21). The summed E-state index contributed by atoms with van der Waals surface area (Å²) >= 11 is 11.6. The number of halogens is 3. The first-order valence-corrected chi connectivity index (χ1v) is 7.39. The van der Waals surface area contributed by atoms with Crippen molar-refractivity contribution in [2.75, 3.05) is 11.9 Å². The first-order chi connectivity index (χ1) is 11.8. The largest absolute Gasteiger partial charge is 0.452 e. The Balaban J connectivity index is 1.99. The lowest BCUT2D eigenvalue weighted by Gasteiger charge is -2.08. The van der Waals surface area contributed by atoms with E-state index in [9.17, 15) is 24.1 Å². The Morgan fingerprint density at radius 3 is 2.60 bits per heavy atom. The quantitative estimate of drug-likeness (QED) is 0.478. The minimum absolute atomic E-state index is 0.0145. The number of rotatable bonds is 5. The number of carbonyl (C=O) groups is 2. The van der Waals surface area contributed by atoms with Crippen LogP contribution in [0.4, 0.5) is 15.8 Å². The molecule has 2 aromatic rings. The highest BCUT2D eigenvalue weighted by atomic mass is 35.5. The van der Waals surface area contributed by atoms with Gasteiger partial charge in [0.2, 0.25) is 5.82 Å². The number of nitrogens with one attached hydrogen (secondary N) is 1. The predicted octanol–water partition coefficient (Wildman–Crippen LogP) is 3.84. The smallest absolute Gasteiger partial charge is 0.340 e. The molecule has 130 valence electrons. The minimum atomic E-state index is -1.04. The Labute approximate surface area is 150 Å². The number of nitrogens with zero attached hydrogens (tertiary/aromatic N) is 1. The van der Waals surface area contributed by atoms with Crippen LogP contribution in [0, 0.1) is 15.9 Å². The van der Waals surface area contributed by atoms with Crippen LogP contribution in [0.25, 0.3) is 0 Å². The van der Waals surface area contributed by atoms with Gasteiger partial charge in [0.05, 0.1) is 15.5 Å². The summed E-state index contributed by atoms with van der Waals surface area (Å²) in [6.07, 6.45) is 0. The number of nitro groups is 1. The lowest BCUT2D eigenvalue weighted by atomic mass is 10.2. The van der Waals surface area contributed by atoms with Gasteiger partial charge < -0.3 is 10.1 Å². The van der Waals surface area contributed by atoms with E-state index in [0.29, 0.717) is 0 Å². The van der Waals surface area contributed by atoms with Crippen molar-refractivity contribution in [3.8, 4) is 0 Å². The molecule has 0 unspecified atom stereocenters. The van der Waals surface area contributed by atoms with E-state index in [-0.39, 0.29) is 21.3 Å². The molecule has 0 heterocycles. The molecular formula is C15H9Cl2FN2O5. The van der Waals surface area contributed by atoms with Crippen molar-refractivity contribution in [1.29, 1.82) is 0 Å². The summed E-state index contributed by atoms with van der Waals surface area (Å²) in [5.74, 6) is -2.68. The number of hydrogen-bond acceptors (Lipinski definition) is 5. The second-order valence-corrected chi connectivity index (χ2v) is 5.52. The van der Waals surface area contributed by atoms with Crippen molar-refractivity contribution in [3.05, 3.63) is 67.9 Å². The van der Waals surface area contributed by atoms with Crippen LogP contribution in [0.15, 0.2) is 36.4 Å². The van der Waals surface area contributed by atoms with Gasteiger partial charge in [-0.2, -0.15) is 4.39 Å². The molecule has 10 heteroatoms. The highest BCUT2D eigenvalue weighted by Crippen LogP contribution is 2.22. The van der Waals surface area contributed by atoms with Gasteiger partial charge in [-0.3, -0.25) is 14.9 Å². The zero-order valence-corrected chi connectivity index (χ0v) is 13.8. The summed E-state index contributed by atoms with van der Waals surface area (Å²) in [7, 11) is 0. The van der Waals surface area contributed by atoms with E-state index in [4.69, 9.17) is 27.9 Å². The van der Waals surface area contributed by atoms with Gasteiger partial charge in [0, 0.05) is 16.8 Å². The van der Waals surface area contributed by atoms with Crippen molar-refractivity contribution >= 4 is 46.5 Å². The van der Waals surface area contributed by atoms with E-state index in [1.165, 1.54) is 18.2 Å². The molecule has 0 saturated carbocycles. The Bertz CT molecular complexity index is 860. The molecule has 0 radical (unpaired) electrons. The molecule has 0 bridgehead atoms. The third-order valence-corrected chi connectivity index (χ3v) is 3.47. The molecule has 2 rings (SSSR count). The second-order valence-electron chi connectivity index (χ2n) is 4.67. The molecule has 0 atom stereocenters. The second kappa shape index (κ2) is 7.91. The summed E-state index contributed by atoms with van der Waals surface area (Å²) in [4.78, 5) is 33.4. The highest BCUT2D eigenvalue weighted by molar-refractivity contribution is 6.35. The maximum atomic E-state index is 13.2. The third-order valence-electron chi connectivity index (χ3n) is 2.91. The summed E-state index contributed by atoms with van der Waals surface area (Å²) in [5.41, 5.74) is -0.824. The summed E-state index contributed by atoms with van der Waals surface area (Å²) in [6, 6.07) is 6.99. The molecular weight excluding hydrogens is 378 g/mol. The number of amides is 1. The van der Waals surface area contributed by atoms with Crippen molar-refractivity contribution < 1.29 is 23.6 Å². The molecule has 0 aromatic heterocycles. The first-order valence-electron chi connectivity index (χ1n) is 6.64. The fourth-order valence-corrected chi connectivity index (χ4v) is 2.16. The number of anilines is 1. The lowest BCUT2D eigenvalue weighted by molar-refractivity contribution is -0.387. The summed E-state index contributed by atoms with van der Waals surface area (Å²) < 4.78 is 18.0. The average molecular weight is 387 g/mol. The Morgan fingerprint density at radius 1 is 1.20 bits per heavy atom. The van der Waals surface area contributed by atoms with Gasteiger partial charge in [0.1, 0.15) is 0 Å². The van der Waals surface area contributed by atoms with Crippen LogP contribution in [0.5, 0.6) is 0 Å². The monoisotopic (exact) mass is 386 g/mol. The maximum Gasteiger partial charge on any atom is 0.340 e. The molecule has 7 nitrogen and oxygen atoms in total. The zero-order chi connectivity index (χ0) is 18.6. The zero-order valence-electron chi connectivity index (χ0n) is 12.3. The van der Waals surface area contributed by atoms with Crippen LogP contribution in [0.1, 0.15) is 10.4 Å². The number of benzene rings is 2. The average Bonchev–Trinajstić information content (AvgIpc) is 2.56. The predicted molar refractivity (Wildman–Crippen MR) is 88.4 cm³/mol. The van der Waals surface area contributed by atoms with Gasteiger partial charge in [0.15, 0.2) is 6.61 Å². The minimum Gasteiger partial charge on any atom is -0.452 e. The van der Waals surface area contributed by atoms with Crippen molar-refractivity contribution in [3.63, 3.8) is 0 Å². The van der Waals surface area contributed by atoms with E-state index in [2.05, 4.69) is 5.32 Å². The highest BCUT2D eigenvalue weighted by Gasteiger charge is 2.17. The number of nitro benzene ring substituents is 1. The molecule has 0 aliphatic rings. The topological polar surface area (TPSA) is 98.5 Å². The number of esters is 1. The Kier molecular flexibility index (Phi) is 5.89. The van der Waals surface area contributed by atoms with E-state index in [1.54, 1.807) is 0 Å². The number of hydrogen-bond donors (Lipinski definition) is 1. The van der Waals surface area contributed by atoms with Crippen LogP contribution in [-0.2, 0) is 9.53 Å². The van der Waals surface area contributed by atoms with Crippen LogP contribution in [0.3, 0.4) is 0 Å². The summed E-state index contributed by atoms with van der Waals surface area (Å²) in [6.45, 7) is -0.674. The fourth-order valence-electron chi connectivity index (χ4n) is 1.79. The van der Waals surface area contributed by atoms with Crippen molar-refractivity contribution in [2.24, 2.45) is 0 Å². The van der Waals surface area contributed by atoms with Gasteiger partial charge >= 0.3 is 11.7 Å². The SMILES string of the molecule is O=C(COC(=O)c1cc(Cl)ccc1Cl)Nc1ccc(F)c([N+](=O)[O-])c1. The van der Waals surface area contributed by atoms with E-state index >= 15 is 0 Å². The van der Waals surface area contributed by atoms with Crippen molar-refractivity contribution in [1.82, 2.24) is 0 Å². The molecule has 25 heavy (non-hydrogen) atoms. The summed E-state index contributed by atoms with van der Waals surface area (Å²) in [5, 5.41) is 13.3. The number of ether oxygens (including phenoxy) is 1. The van der Waals surface area contributed by atoms with Crippen LogP contribution >= 0.6 is 23.2 Å². The lowest BCUT2D eigenvalue weighted by Crippen LogP contribution is -2.21. The molecule has 0 aliphatic heterocycles. The van der Waals surface area contributed by atoms with E-state index in [1.807, 2.05) is 0 Å². The Hall–Kier alpha value is -2.71. The first kappa shape index (κ1) is 18.6. The number of carbonyl (C=O) groups excluding carboxylic acids is 2. The molecule has 0 saturated heterocycles. The molecule has 0 spiro atoms. The van der Waals surface area contributed by atoms with E-state index < -0.39 is 34.9 Å². The van der Waals surface area contributed by atoms with Crippen LogP contribution < -0.4 is 5.32 Å². The normalized spacial score (nSPS) is 10.2. The van der Waals surface area contributed by atoms with Gasteiger partial charge in [-0.1, -0.05) is 23.2 Å². The third kappa shape index (κ3) is 4.88. The fraction of sp³-hybridized carbons (Fsp3) is 0.0667. The maximum absolute atomic E-state index is 13.2. The molecule has 0 fully saturated rings. The van der Waals surface area contributed by atoms with Gasteiger partial charge in [0.25, 0.3) is 5.91 Å². The Morgan fingerprint density at radius 2 is 1.92 bits per heavy atom. The van der Waals surface area contributed by atoms with Crippen LogP contribution in [0.2, 0.25) is 10.0 Å². The van der Waals surface area contributed by atoms with E-state index in [0.717, 1.165) is 18.2 Å².